The Morgan fingerprint density at radius 2 is 2.10 bits per heavy atom. The van der Waals surface area contributed by atoms with E-state index in [1.54, 1.807) is 18.2 Å². The lowest BCUT2D eigenvalue weighted by Gasteiger charge is -2.08. The molecule has 1 aliphatic carbocycles. The molecule has 0 radical (unpaired) electrons. The van der Waals surface area contributed by atoms with Gasteiger partial charge in [0, 0.05) is 16.6 Å². The molecule has 0 unspecified atom stereocenters. The third kappa shape index (κ3) is 4.12. The monoisotopic (exact) mass is 315 g/mol. The maximum Gasteiger partial charge on any atom is 0.309 e. The van der Waals surface area contributed by atoms with E-state index in [-0.39, 0.29) is 30.9 Å². The van der Waals surface area contributed by atoms with Crippen LogP contribution in [0.15, 0.2) is 18.2 Å². The Kier molecular flexibility index (Phi) is 4.89. The first-order valence-electron chi connectivity index (χ1n) is 6.34. The minimum Gasteiger partial charge on any atom is -0.455 e. The van der Waals surface area contributed by atoms with Gasteiger partial charge in [0.2, 0.25) is 0 Å². The van der Waals surface area contributed by atoms with Gasteiger partial charge in [-0.1, -0.05) is 36.2 Å². The zero-order valence-electron chi connectivity index (χ0n) is 11.0. The summed E-state index contributed by atoms with van der Waals surface area (Å²) in [4.78, 5) is 23.0. The lowest BCUT2D eigenvalue weighted by atomic mass is 10.2. The first kappa shape index (κ1) is 15.1. The summed E-state index contributed by atoms with van der Waals surface area (Å²) in [6, 6.07) is 5.05. The third-order valence-electron chi connectivity index (χ3n) is 3.25. The zero-order valence-corrected chi connectivity index (χ0v) is 12.5. The molecule has 0 bridgehead atoms. The molecule has 108 valence electrons. The molecule has 1 saturated carbocycles. The quantitative estimate of drug-likeness (QED) is 0.850. The van der Waals surface area contributed by atoms with Gasteiger partial charge in [-0.15, -0.1) is 0 Å². The van der Waals surface area contributed by atoms with Crippen LogP contribution >= 0.6 is 23.2 Å². The zero-order chi connectivity index (χ0) is 14.7. The van der Waals surface area contributed by atoms with E-state index in [0.29, 0.717) is 16.0 Å². The van der Waals surface area contributed by atoms with Crippen molar-refractivity contribution in [2.75, 3.05) is 6.61 Å². The second-order valence-corrected chi connectivity index (χ2v) is 5.78. The van der Waals surface area contributed by atoms with Crippen molar-refractivity contribution in [1.82, 2.24) is 5.32 Å². The van der Waals surface area contributed by atoms with E-state index in [4.69, 9.17) is 27.9 Å². The van der Waals surface area contributed by atoms with Gasteiger partial charge in [0.25, 0.3) is 5.91 Å². The molecular formula is C14H15Cl2NO3. The Morgan fingerprint density at radius 3 is 2.70 bits per heavy atom. The van der Waals surface area contributed by atoms with E-state index < -0.39 is 0 Å². The highest BCUT2D eigenvalue weighted by Gasteiger charge is 2.40. The molecule has 1 aromatic carbocycles. The van der Waals surface area contributed by atoms with Gasteiger partial charge in [-0.25, -0.2) is 0 Å². The average molecular weight is 316 g/mol. The standard InChI is InChI=1S/C14H15Cl2NO3/c1-8-4-11(8)14(19)20-7-13(18)17-6-9-2-3-10(15)5-12(9)16/h2-3,5,8,11H,4,6-7H2,1H3,(H,17,18)/t8-,11-/m1/s1. The largest absolute Gasteiger partial charge is 0.455 e. The maximum atomic E-state index is 11.6. The number of amides is 1. The van der Waals surface area contributed by atoms with Crippen LogP contribution in [0.25, 0.3) is 0 Å². The molecule has 6 heteroatoms. The van der Waals surface area contributed by atoms with E-state index in [2.05, 4.69) is 5.32 Å². The molecule has 2 atom stereocenters. The molecule has 20 heavy (non-hydrogen) atoms. The molecule has 4 nitrogen and oxygen atoms in total. The van der Waals surface area contributed by atoms with Gasteiger partial charge in [-0.3, -0.25) is 9.59 Å². The second-order valence-electron chi connectivity index (χ2n) is 4.94. The Labute approximate surface area is 127 Å². The predicted octanol–water partition coefficient (Wildman–Crippen LogP) is 2.81. The Hall–Kier alpha value is -1.26. The molecule has 0 heterocycles. The molecule has 0 aromatic heterocycles. The van der Waals surface area contributed by atoms with Crippen molar-refractivity contribution in [2.24, 2.45) is 11.8 Å². The van der Waals surface area contributed by atoms with Crippen LogP contribution in [0.5, 0.6) is 0 Å². The van der Waals surface area contributed by atoms with Crippen LogP contribution in [0.2, 0.25) is 10.0 Å². The fourth-order valence-electron chi connectivity index (χ4n) is 1.80. The number of esters is 1. The molecule has 1 fully saturated rings. The van der Waals surface area contributed by atoms with Crippen molar-refractivity contribution < 1.29 is 14.3 Å². The highest BCUT2D eigenvalue weighted by molar-refractivity contribution is 6.35. The Bertz CT molecular complexity index is 533. The van der Waals surface area contributed by atoms with E-state index >= 15 is 0 Å². The summed E-state index contributed by atoms with van der Waals surface area (Å²) >= 11 is 11.8. The Morgan fingerprint density at radius 1 is 1.40 bits per heavy atom. The first-order chi connectivity index (χ1) is 9.47. The summed E-state index contributed by atoms with van der Waals surface area (Å²) in [6.07, 6.45) is 0.848. The van der Waals surface area contributed by atoms with Gasteiger partial charge in [0.15, 0.2) is 6.61 Å². The van der Waals surface area contributed by atoms with Gasteiger partial charge < -0.3 is 10.1 Å². The number of benzene rings is 1. The van der Waals surface area contributed by atoms with Gasteiger partial charge >= 0.3 is 5.97 Å². The smallest absolute Gasteiger partial charge is 0.309 e. The summed E-state index contributed by atoms with van der Waals surface area (Å²) in [5, 5.41) is 3.67. The fourth-order valence-corrected chi connectivity index (χ4v) is 2.28. The summed E-state index contributed by atoms with van der Waals surface area (Å²) < 4.78 is 4.93. The Balaban J connectivity index is 1.73. The number of carbonyl (C=O) groups excluding carboxylic acids is 2. The van der Waals surface area contributed by atoms with Crippen molar-refractivity contribution in [1.29, 1.82) is 0 Å². The molecular weight excluding hydrogens is 301 g/mol. The van der Waals surface area contributed by atoms with Crippen LogP contribution in [0.1, 0.15) is 18.9 Å². The fraction of sp³-hybridized carbons (Fsp3) is 0.429. The molecule has 0 spiro atoms. The second kappa shape index (κ2) is 6.46. The number of ether oxygens (including phenoxy) is 1. The molecule has 0 saturated heterocycles. The van der Waals surface area contributed by atoms with Crippen LogP contribution in [-0.2, 0) is 20.9 Å². The van der Waals surface area contributed by atoms with E-state index in [1.165, 1.54) is 0 Å². The number of nitrogens with one attached hydrogen (secondary N) is 1. The lowest BCUT2D eigenvalue weighted by Crippen LogP contribution is -2.28. The van der Waals surface area contributed by atoms with Crippen LogP contribution in [0.4, 0.5) is 0 Å². The highest BCUT2D eigenvalue weighted by atomic mass is 35.5. The van der Waals surface area contributed by atoms with Gasteiger partial charge in [0.1, 0.15) is 0 Å². The van der Waals surface area contributed by atoms with Gasteiger partial charge in [0.05, 0.1) is 5.92 Å². The lowest BCUT2D eigenvalue weighted by molar-refractivity contribution is -0.150. The van der Waals surface area contributed by atoms with Crippen LogP contribution < -0.4 is 5.32 Å². The predicted molar refractivity (Wildman–Crippen MR) is 76.5 cm³/mol. The van der Waals surface area contributed by atoms with Crippen molar-refractivity contribution in [3.63, 3.8) is 0 Å². The van der Waals surface area contributed by atoms with E-state index in [9.17, 15) is 9.59 Å². The van der Waals surface area contributed by atoms with Crippen molar-refractivity contribution in [3.05, 3.63) is 33.8 Å². The third-order valence-corrected chi connectivity index (χ3v) is 3.84. The summed E-state index contributed by atoms with van der Waals surface area (Å²) in [5.41, 5.74) is 0.756. The van der Waals surface area contributed by atoms with Gasteiger partial charge in [-0.2, -0.15) is 0 Å². The van der Waals surface area contributed by atoms with Crippen molar-refractivity contribution in [2.45, 2.75) is 19.9 Å². The SMILES string of the molecule is C[C@@H]1C[C@H]1C(=O)OCC(=O)NCc1ccc(Cl)cc1Cl. The normalized spacial score (nSPS) is 20.4. The number of halogens is 2. The number of carbonyl (C=O) groups is 2. The summed E-state index contributed by atoms with van der Waals surface area (Å²) in [7, 11) is 0. The molecule has 1 aliphatic rings. The number of hydrogen-bond donors (Lipinski definition) is 1. The van der Waals surface area contributed by atoms with E-state index in [1.807, 2.05) is 6.92 Å². The van der Waals surface area contributed by atoms with Crippen molar-refractivity contribution >= 4 is 35.1 Å². The topological polar surface area (TPSA) is 55.4 Å². The molecule has 2 rings (SSSR count). The van der Waals surface area contributed by atoms with Crippen LogP contribution in [-0.4, -0.2) is 18.5 Å². The number of hydrogen-bond acceptors (Lipinski definition) is 3. The molecule has 1 aromatic rings. The van der Waals surface area contributed by atoms with Crippen LogP contribution in [0.3, 0.4) is 0 Å². The highest BCUT2D eigenvalue weighted by Crippen LogP contribution is 2.38. The first-order valence-corrected chi connectivity index (χ1v) is 7.10. The average Bonchev–Trinajstić information content (AvgIpc) is 3.12. The molecule has 0 aliphatic heterocycles. The summed E-state index contributed by atoms with van der Waals surface area (Å²) in [6.45, 7) is 1.99. The minimum absolute atomic E-state index is 0.0338. The molecule has 1 N–H and O–H groups in total. The molecule has 1 amide bonds. The maximum absolute atomic E-state index is 11.6. The van der Waals surface area contributed by atoms with Crippen molar-refractivity contribution in [3.8, 4) is 0 Å². The number of rotatable bonds is 5. The van der Waals surface area contributed by atoms with Gasteiger partial charge in [-0.05, 0) is 30.0 Å². The summed E-state index contributed by atoms with van der Waals surface area (Å²) in [5.74, 6) is -0.304. The van der Waals surface area contributed by atoms with Crippen LogP contribution in [0, 0.1) is 11.8 Å². The van der Waals surface area contributed by atoms with E-state index in [0.717, 1.165) is 12.0 Å². The minimum atomic E-state index is -0.349.